The van der Waals surface area contributed by atoms with Gasteiger partial charge in [0.05, 0.1) is 5.69 Å². The number of hydrogen-bond donors (Lipinski definition) is 3. The number of nitrogens with one attached hydrogen (secondary N) is 2. The van der Waals surface area contributed by atoms with Crippen molar-refractivity contribution < 1.29 is 19.2 Å². The quantitative estimate of drug-likeness (QED) is 0.644. The van der Waals surface area contributed by atoms with E-state index in [4.69, 9.17) is 5.11 Å². The molecule has 0 aliphatic carbocycles. The number of aliphatic carboxylic acids is 1. The van der Waals surface area contributed by atoms with Crippen LogP contribution in [0.25, 0.3) is 0 Å². The molecule has 1 aromatic heterocycles. The molecule has 0 aromatic carbocycles. The number of aromatic nitrogens is 1. The maximum atomic E-state index is 11.0. The van der Waals surface area contributed by atoms with Crippen molar-refractivity contribution in [1.82, 2.24) is 10.5 Å². The molecular weight excluding hydrogens is 190 g/mol. The lowest BCUT2D eigenvalue weighted by Crippen LogP contribution is -2.32. The molecule has 14 heavy (non-hydrogen) atoms. The number of hydrogen-bond acceptors (Lipinski definition) is 4. The highest BCUT2D eigenvalue weighted by Gasteiger charge is 2.06. The smallest absolute Gasteiger partial charge is 0.323 e. The van der Waals surface area contributed by atoms with Gasteiger partial charge >= 0.3 is 12.0 Å². The van der Waals surface area contributed by atoms with E-state index in [1.165, 1.54) is 6.07 Å². The third kappa shape index (κ3) is 3.13. The number of urea groups is 1. The molecule has 1 aromatic rings. The van der Waals surface area contributed by atoms with Gasteiger partial charge in [0.1, 0.15) is 6.54 Å². The molecule has 76 valence electrons. The van der Waals surface area contributed by atoms with Gasteiger partial charge in [-0.15, -0.1) is 0 Å². The summed E-state index contributed by atoms with van der Waals surface area (Å²) in [7, 11) is 0. The van der Waals surface area contributed by atoms with Crippen LogP contribution in [0, 0.1) is 6.92 Å². The summed E-state index contributed by atoms with van der Waals surface area (Å²) in [5, 5.41) is 16.2. The van der Waals surface area contributed by atoms with Crippen molar-refractivity contribution in [2.75, 3.05) is 11.9 Å². The van der Waals surface area contributed by atoms with Gasteiger partial charge in [-0.05, 0) is 6.92 Å². The van der Waals surface area contributed by atoms with Crippen molar-refractivity contribution in [3.05, 3.63) is 11.8 Å². The first-order chi connectivity index (χ1) is 6.58. The summed E-state index contributed by atoms with van der Waals surface area (Å²) < 4.78 is 4.67. The van der Waals surface area contributed by atoms with E-state index in [1.807, 2.05) is 0 Å². The Morgan fingerprint density at radius 2 is 2.36 bits per heavy atom. The number of carboxylic acid groups (broad SMARTS) is 1. The Morgan fingerprint density at radius 1 is 1.64 bits per heavy atom. The van der Waals surface area contributed by atoms with Crippen LogP contribution in [-0.4, -0.2) is 28.8 Å². The van der Waals surface area contributed by atoms with Crippen LogP contribution in [0.5, 0.6) is 0 Å². The van der Waals surface area contributed by atoms with Crippen LogP contribution in [0.1, 0.15) is 5.69 Å². The molecule has 2 amide bonds. The van der Waals surface area contributed by atoms with E-state index in [9.17, 15) is 9.59 Å². The minimum Gasteiger partial charge on any atom is -0.480 e. The molecule has 0 aliphatic rings. The van der Waals surface area contributed by atoms with E-state index in [2.05, 4.69) is 20.3 Å². The number of amides is 2. The minimum absolute atomic E-state index is 0.172. The Labute approximate surface area is 79.1 Å². The van der Waals surface area contributed by atoms with Gasteiger partial charge < -0.3 is 14.9 Å². The lowest BCUT2D eigenvalue weighted by molar-refractivity contribution is -0.135. The largest absolute Gasteiger partial charge is 0.480 e. The molecule has 1 heterocycles. The monoisotopic (exact) mass is 199 g/mol. The predicted molar refractivity (Wildman–Crippen MR) is 45.9 cm³/mol. The Morgan fingerprint density at radius 3 is 2.86 bits per heavy atom. The van der Waals surface area contributed by atoms with Crippen LogP contribution in [0.15, 0.2) is 10.6 Å². The Bertz CT molecular complexity index is 346. The van der Waals surface area contributed by atoms with Crippen LogP contribution in [0.4, 0.5) is 10.7 Å². The molecule has 7 heteroatoms. The molecule has 0 saturated carbocycles. The Balaban J connectivity index is 2.37. The third-order valence-corrected chi connectivity index (χ3v) is 1.26. The van der Waals surface area contributed by atoms with Crippen LogP contribution in [0.3, 0.4) is 0 Å². The molecule has 0 unspecified atom stereocenters. The minimum atomic E-state index is -1.12. The van der Waals surface area contributed by atoms with Crippen molar-refractivity contribution >= 4 is 17.9 Å². The number of anilines is 1. The first-order valence-electron chi connectivity index (χ1n) is 3.78. The predicted octanol–water partition coefficient (Wildman–Crippen LogP) is 0.189. The average molecular weight is 199 g/mol. The van der Waals surface area contributed by atoms with Crippen molar-refractivity contribution in [2.45, 2.75) is 6.92 Å². The molecule has 3 N–H and O–H groups in total. The second-order valence-corrected chi connectivity index (χ2v) is 2.53. The zero-order valence-electron chi connectivity index (χ0n) is 7.40. The van der Waals surface area contributed by atoms with E-state index in [0.717, 1.165) is 0 Å². The molecule has 0 radical (unpaired) electrons. The second-order valence-electron chi connectivity index (χ2n) is 2.53. The lowest BCUT2D eigenvalue weighted by Gasteiger charge is -2.00. The molecule has 0 saturated heterocycles. The lowest BCUT2D eigenvalue weighted by atomic mass is 10.5. The summed E-state index contributed by atoms with van der Waals surface area (Å²) in [5.74, 6) is -0.945. The van der Waals surface area contributed by atoms with Crippen LogP contribution in [0.2, 0.25) is 0 Å². The topological polar surface area (TPSA) is 104 Å². The molecule has 7 nitrogen and oxygen atoms in total. The Hall–Kier alpha value is -2.05. The van der Waals surface area contributed by atoms with Gasteiger partial charge in [-0.25, -0.2) is 4.79 Å². The van der Waals surface area contributed by atoms with Crippen LogP contribution < -0.4 is 10.6 Å². The highest BCUT2D eigenvalue weighted by Crippen LogP contribution is 2.07. The van der Waals surface area contributed by atoms with Crippen molar-refractivity contribution in [2.24, 2.45) is 0 Å². The van der Waals surface area contributed by atoms with Gasteiger partial charge in [0.15, 0.2) is 0 Å². The fourth-order valence-electron chi connectivity index (χ4n) is 0.734. The molecule has 1 rings (SSSR count). The van der Waals surface area contributed by atoms with E-state index in [0.29, 0.717) is 5.69 Å². The number of aryl methyl sites for hydroxylation is 1. The summed E-state index contributed by atoms with van der Waals surface area (Å²) in [6.07, 6.45) is 0. The second kappa shape index (κ2) is 4.26. The number of rotatable bonds is 3. The number of carbonyl (C=O) groups excluding carboxylic acids is 1. The summed E-state index contributed by atoms with van der Waals surface area (Å²) >= 11 is 0. The summed E-state index contributed by atoms with van der Waals surface area (Å²) in [6, 6.07) is 0.865. The number of carbonyl (C=O) groups is 2. The SMILES string of the molecule is Cc1cc(NC(=O)NCC(=O)O)on1. The van der Waals surface area contributed by atoms with Crippen LogP contribution >= 0.6 is 0 Å². The Kier molecular flexibility index (Phi) is 3.05. The number of nitrogens with zero attached hydrogens (tertiary/aromatic N) is 1. The van der Waals surface area contributed by atoms with Crippen molar-refractivity contribution in [3.8, 4) is 0 Å². The zero-order valence-corrected chi connectivity index (χ0v) is 7.40. The molecule has 0 fully saturated rings. The first-order valence-corrected chi connectivity index (χ1v) is 3.78. The fraction of sp³-hybridized carbons (Fsp3) is 0.286. The van der Waals surface area contributed by atoms with E-state index >= 15 is 0 Å². The molecule has 0 bridgehead atoms. The van der Waals surface area contributed by atoms with Gasteiger partial charge in [0, 0.05) is 6.07 Å². The molecular formula is C7H9N3O4. The normalized spacial score (nSPS) is 9.50. The fourth-order valence-corrected chi connectivity index (χ4v) is 0.734. The van der Waals surface area contributed by atoms with Crippen molar-refractivity contribution in [1.29, 1.82) is 0 Å². The van der Waals surface area contributed by atoms with Gasteiger partial charge in [-0.2, -0.15) is 0 Å². The zero-order chi connectivity index (χ0) is 10.6. The van der Waals surface area contributed by atoms with Crippen molar-refractivity contribution in [3.63, 3.8) is 0 Å². The maximum Gasteiger partial charge on any atom is 0.323 e. The summed E-state index contributed by atoms with van der Waals surface area (Å²) in [4.78, 5) is 21.0. The standard InChI is InChI=1S/C7H9N3O4/c1-4-2-5(14-10-4)9-7(13)8-3-6(11)12/h2H,3H2,1H3,(H,11,12)(H2,8,9,13). The van der Waals surface area contributed by atoms with Gasteiger partial charge in [0.2, 0.25) is 5.88 Å². The highest BCUT2D eigenvalue weighted by atomic mass is 16.5. The summed E-state index contributed by atoms with van der Waals surface area (Å²) in [6.45, 7) is 1.25. The average Bonchev–Trinajstić information content (AvgIpc) is 2.48. The third-order valence-electron chi connectivity index (χ3n) is 1.26. The van der Waals surface area contributed by atoms with E-state index < -0.39 is 18.5 Å². The molecule has 0 spiro atoms. The molecule has 0 aliphatic heterocycles. The maximum absolute atomic E-state index is 11.0. The highest BCUT2D eigenvalue weighted by molar-refractivity contribution is 5.89. The van der Waals surface area contributed by atoms with Gasteiger partial charge in [0.25, 0.3) is 0 Å². The summed E-state index contributed by atoms with van der Waals surface area (Å²) in [5.41, 5.74) is 0.624. The molecule has 0 atom stereocenters. The van der Waals surface area contributed by atoms with Crippen LogP contribution in [-0.2, 0) is 4.79 Å². The number of carboxylic acids is 1. The first kappa shape index (κ1) is 10.0. The van der Waals surface area contributed by atoms with E-state index in [-0.39, 0.29) is 5.88 Å². The van der Waals surface area contributed by atoms with Gasteiger partial charge in [-0.1, -0.05) is 5.16 Å². The van der Waals surface area contributed by atoms with Gasteiger partial charge in [-0.3, -0.25) is 10.1 Å². The van der Waals surface area contributed by atoms with E-state index in [1.54, 1.807) is 6.92 Å².